The van der Waals surface area contributed by atoms with Crippen LogP contribution in [-0.2, 0) is 4.74 Å². The molecule has 4 heteroatoms. The van der Waals surface area contributed by atoms with Crippen molar-refractivity contribution in [3.05, 3.63) is 35.7 Å². The Morgan fingerprint density at radius 3 is 3.12 bits per heavy atom. The highest BCUT2D eigenvalue weighted by atomic mass is 16.5. The van der Waals surface area contributed by atoms with E-state index in [-0.39, 0.29) is 0 Å². The quantitative estimate of drug-likeness (QED) is 0.845. The Morgan fingerprint density at radius 1 is 1.56 bits per heavy atom. The van der Waals surface area contributed by atoms with Crippen molar-refractivity contribution in [1.29, 1.82) is 0 Å². The molecule has 86 valence electrons. The van der Waals surface area contributed by atoms with Gasteiger partial charge in [-0.25, -0.2) is 4.98 Å². The number of nitrogens with zero attached hydrogens (tertiary/aromatic N) is 1. The number of rotatable bonds is 3. The zero-order chi connectivity index (χ0) is 11.4. The van der Waals surface area contributed by atoms with Gasteiger partial charge in [0, 0.05) is 11.8 Å². The number of aromatic nitrogens is 1. The molecular formula is C12H15NO3. The van der Waals surface area contributed by atoms with E-state index in [9.17, 15) is 5.11 Å². The maximum absolute atomic E-state index is 10.2. The van der Waals surface area contributed by atoms with Crippen LogP contribution < -0.4 is 4.74 Å². The van der Waals surface area contributed by atoms with Crippen LogP contribution in [0.3, 0.4) is 0 Å². The molecule has 1 atom stereocenters. The lowest BCUT2D eigenvalue weighted by Crippen LogP contribution is -2.09. The lowest BCUT2D eigenvalue weighted by Gasteiger charge is -2.20. The van der Waals surface area contributed by atoms with Gasteiger partial charge in [-0.3, -0.25) is 0 Å². The molecule has 1 aliphatic heterocycles. The second-order valence-electron chi connectivity index (χ2n) is 3.67. The van der Waals surface area contributed by atoms with E-state index in [0.29, 0.717) is 11.4 Å². The topological polar surface area (TPSA) is 51.6 Å². The summed E-state index contributed by atoms with van der Waals surface area (Å²) in [5.41, 5.74) is 1.55. The van der Waals surface area contributed by atoms with E-state index in [4.69, 9.17) is 9.47 Å². The molecule has 1 aromatic heterocycles. The second kappa shape index (κ2) is 4.99. The smallest absolute Gasteiger partial charge is 0.219 e. The molecular weight excluding hydrogens is 206 g/mol. The normalized spacial score (nSPS) is 17.2. The first kappa shape index (κ1) is 11.0. The number of ether oxygens (including phenoxy) is 2. The number of pyridine rings is 1. The number of aliphatic hydroxyl groups excluding tert-OH is 1. The molecule has 1 aliphatic rings. The zero-order valence-electron chi connectivity index (χ0n) is 9.22. The number of hydrogen-bond acceptors (Lipinski definition) is 4. The summed E-state index contributed by atoms with van der Waals surface area (Å²) in [6.45, 7) is 0.723. The Balaban J connectivity index is 2.25. The van der Waals surface area contributed by atoms with Crippen LogP contribution in [0, 0.1) is 0 Å². The molecule has 0 amide bonds. The molecule has 0 aromatic carbocycles. The molecule has 1 unspecified atom stereocenters. The number of aliphatic hydroxyl groups is 1. The van der Waals surface area contributed by atoms with Crippen LogP contribution in [0.5, 0.6) is 5.88 Å². The van der Waals surface area contributed by atoms with E-state index in [1.807, 2.05) is 6.07 Å². The summed E-state index contributed by atoms with van der Waals surface area (Å²) in [5, 5.41) is 10.2. The minimum Gasteiger partial charge on any atom is -0.501 e. The van der Waals surface area contributed by atoms with Crippen molar-refractivity contribution in [2.75, 3.05) is 13.7 Å². The molecule has 0 aliphatic carbocycles. The van der Waals surface area contributed by atoms with Crippen molar-refractivity contribution in [3.8, 4) is 5.88 Å². The minimum absolute atomic E-state index is 0.460. The van der Waals surface area contributed by atoms with Gasteiger partial charge in [0.1, 0.15) is 6.10 Å². The van der Waals surface area contributed by atoms with Crippen molar-refractivity contribution in [2.45, 2.75) is 18.9 Å². The van der Waals surface area contributed by atoms with Crippen LogP contribution in [0.25, 0.3) is 0 Å². The van der Waals surface area contributed by atoms with Gasteiger partial charge in [-0.1, -0.05) is 0 Å². The summed E-state index contributed by atoms with van der Waals surface area (Å²) < 4.78 is 10.3. The third kappa shape index (κ3) is 2.17. The van der Waals surface area contributed by atoms with Crippen molar-refractivity contribution in [3.63, 3.8) is 0 Å². The van der Waals surface area contributed by atoms with E-state index in [1.165, 1.54) is 0 Å². The van der Waals surface area contributed by atoms with Gasteiger partial charge in [0.15, 0.2) is 0 Å². The molecule has 16 heavy (non-hydrogen) atoms. The molecule has 0 spiro atoms. The lowest BCUT2D eigenvalue weighted by atomic mass is 9.99. The zero-order valence-corrected chi connectivity index (χ0v) is 9.22. The van der Waals surface area contributed by atoms with Crippen LogP contribution in [0.1, 0.15) is 24.5 Å². The summed E-state index contributed by atoms with van der Waals surface area (Å²) in [5.74, 6) is 0.460. The SMILES string of the molecule is COc1ncccc1C(O)C1=COCCC1. The maximum Gasteiger partial charge on any atom is 0.219 e. The Hall–Kier alpha value is -1.55. The highest BCUT2D eigenvalue weighted by Crippen LogP contribution is 2.31. The summed E-state index contributed by atoms with van der Waals surface area (Å²) in [6, 6.07) is 3.59. The lowest BCUT2D eigenvalue weighted by molar-refractivity contribution is 0.167. The monoisotopic (exact) mass is 221 g/mol. The van der Waals surface area contributed by atoms with Crippen molar-refractivity contribution in [2.24, 2.45) is 0 Å². The summed E-state index contributed by atoms with van der Waals surface area (Å²) in [6.07, 6.45) is 4.37. The molecule has 1 N–H and O–H groups in total. The molecule has 2 heterocycles. The van der Waals surface area contributed by atoms with Crippen molar-refractivity contribution < 1.29 is 14.6 Å². The summed E-state index contributed by atoms with van der Waals surface area (Å²) in [4.78, 5) is 4.06. The fourth-order valence-corrected chi connectivity index (χ4v) is 1.77. The molecule has 4 nitrogen and oxygen atoms in total. The Labute approximate surface area is 94.5 Å². The van der Waals surface area contributed by atoms with Crippen molar-refractivity contribution >= 4 is 0 Å². The highest BCUT2D eigenvalue weighted by molar-refractivity contribution is 5.33. The Kier molecular flexibility index (Phi) is 3.41. The highest BCUT2D eigenvalue weighted by Gasteiger charge is 2.20. The van der Waals surface area contributed by atoms with Crippen molar-refractivity contribution in [1.82, 2.24) is 4.98 Å². The predicted octanol–water partition coefficient (Wildman–Crippen LogP) is 1.82. The fraction of sp³-hybridized carbons (Fsp3) is 0.417. The molecule has 0 saturated carbocycles. The van der Waals surface area contributed by atoms with Gasteiger partial charge in [0.05, 0.1) is 20.0 Å². The van der Waals surface area contributed by atoms with Crippen LogP contribution in [0.4, 0.5) is 0 Å². The van der Waals surface area contributed by atoms with Gasteiger partial charge in [0.25, 0.3) is 0 Å². The third-order valence-corrected chi connectivity index (χ3v) is 2.60. The molecule has 0 fully saturated rings. The predicted molar refractivity (Wildman–Crippen MR) is 59.0 cm³/mol. The fourth-order valence-electron chi connectivity index (χ4n) is 1.77. The standard InChI is InChI=1S/C12H15NO3/c1-15-12-10(5-2-6-13-12)11(14)9-4-3-7-16-8-9/h2,5-6,8,11,14H,3-4,7H2,1H3. The number of methoxy groups -OCH3 is 1. The summed E-state index contributed by atoms with van der Waals surface area (Å²) >= 11 is 0. The molecule has 0 radical (unpaired) electrons. The first-order valence-corrected chi connectivity index (χ1v) is 5.30. The molecule has 1 aromatic rings. The van der Waals surface area contributed by atoms with Crippen LogP contribution >= 0.6 is 0 Å². The summed E-state index contributed by atoms with van der Waals surface area (Å²) in [7, 11) is 1.55. The van der Waals surface area contributed by atoms with E-state index in [2.05, 4.69) is 4.98 Å². The second-order valence-corrected chi connectivity index (χ2v) is 3.67. The van der Waals surface area contributed by atoms with Crippen LogP contribution in [-0.4, -0.2) is 23.8 Å². The maximum atomic E-state index is 10.2. The van der Waals surface area contributed by atoms with Gasteiger partial charge in [0.2, 0.25) is 5.88 Å². The van der Waals surface area contributed by atoms with E-state index in [1.54, 1.807) is 25.6 Å². The van der Waals surface area contributed by atoms with E-state index < -0.39 is 6.10 Å². The minimum atomic E-state index is -0.691. The molecule has 2 rings (SSSR count). The van der Waals surface area contributed by atoms with Gasteiger partial charge in [-0.05, 0) is 30.5 Å². The Bertz CT molecular complexity index is 390. The van der Waals surface area contributed by atoms with Crippen LogP contribution in [0.15, 0.2) is 30.2 Å². The largest absolute Gasteiger partial charge is 0.501 e. The van der Waals surface area contributed by atoms with E-state index >= 15 is 0 Å². The first-order valence-electron chi connectivity index (χ1n) is 5.30. The molecule has 0 saturated heterocycles. The average molecular weight is 221 g/mol. The van der Waals surface area contributed by atoms with E-state index in [0.717, 1.165) is 25.0 Å². The molecule has 0 bridgehead atoms. The average Bonchev–Trinajstić information content (AvgIpc) is 2.39. The Morgan fingerprint density at radius 2 is 2.44 bits per heavy atom. The number of hydrogen-bond donors (Lipinski definition) is 1. The first-order chi connectivity index (χ1) is 7.83. The van der Waals surface area contributed by atoms with Gasteiger partial charge >= 0.3 is 0 Å². The van der Waals surface area contributed by atoms with Gasteiger partial charge in [-0.15, -0.1) is 0 Å². The van der Waals surface area contributed by atoms with Crippen LogP contribution in [0.2, 0.25) is 0 Å². The third-order valence-electron chi connectivity index (χ3n) is 2.60. The van der Waals surface area contributed by atoms with Gasteiger partial charge < -0.3 is 14.6 Å². The van der Waals surface area contributed by atoms with Gasteiger partial charge in [-0.2, -0.15) is 0 Å².